The van der Waals surface area contributed by atoms with Gasteiger partial charge in [-0.3, -0.25) is 4.79 Å². The standard InChI is InChI=1S/C13H14N2O4S/c14-20(17,18)12-5-1-3-10(9-12)13(16)15-7-6-11-4-2-8-19-11/h1-5,8-9H,6-7H2,(H,15,16)(H2,14,17,18). The fourth-order valence-corrected chi connectivity index (χ4v) is 2.23. The summed E-state index contributed by atoms with van der Waals surface area (Å²) >= 11 is 0. The Bertz CT molecular complexity index is 693. The molecule has 0 radical (unpaired) electrons. The number of benzene rings is 1. The number of amides is 1. The average molecular weight is 294 g/mol. The Morgan fingerprint density at radius 3 is 2.70 bits per heavy atom. The summed E-state index contributed by atoms with van der Waals surface area (Å²) in [6.45, 7) is 0.395. The third-order valence-electron chi connectivity index (χ3n) is 2.66. The Balaban J connectivity index is 1.99. The first-order valence-corrected chi connectivity index (χ1v) is 7.45. The number of nitrogens with two attached hydrogens (primary N) is 1. The molecule has 0 atom stereocenters. The van der Waals surface area contributed by atoms with Gasteiger partial charge in [0.1, 0.15) is 5.76 Å². The van der Waals surface area contributed by atoms with Gasteiger partial charge < -0.3 is 9.73 Å². The van der Waals surface area contributed by atoms with E-state index in [1.165, 1.54) is 24.3 Å². The minimum atomic E-state index is -3.81. The predicted octanol–water partition coefficient (Wildman–Crippen LogP) is 0.899. The molecule has 3 N–H and O–H groups in total. The van der Waals surface area contributed by atoms with E-state index in [4.69, 9.17) is 9.56 Å². The van der Waals surface area contributed by atoms with Crippen LogP contribution in [0.3, 0.4) is 0 Å². The summed E-state index contributed by atoms with van der Waals surface area (Å²) in [4.78, 5) is 11.8. The molecule has 0 aliphatic heterocycles. The zero-order valence-electron chi connectivity index (χ0n) is 10.6. The molecule has 1 heterocycles. The summed E-state index contributed by atoms with van der Waals surface area (Å²) in [6, 6.07) is 9.17. The number of nitrogens with one attached hydrogen (secondary N) is 1. The first-order valence-electron chi connectivity index (χ1n) is 5.90. The summed E-state index contributed by atoms with van der Waals surface area (Å²) < 4.78 is 27.6. The number of hydrogen-bond acceptors (Lipinski definition) is 4. The van der Waals surface area contributed by atoms with E-state index in [1.54, 1.807) is 12.3 Å². The fourth-order valence-electron chi connectivity index (χ4n) is 1.67. The molecule has 0 aliphatic rings. The van der Waals surface area contributed by atoms with Crippen LogP contribution in [0.5, 0.6) is 0 Å². The lowest BCUT2D eigenvalue weighted by Gasteiger charge is -2.05. The molecular formula is C13H14N2O4S. The number of rotatable bonds is 5. The smallest absolute Gasteiger partial charge is 0.251 e. The minimum Gasteiger partial charge on any atom is -0.469 e. The molecule has 2 aromatic rings. The molecule has 0 aliphatic carbocycles. The molecule has 6 nitrogen and oxygen atoms in total. The number of sulfonamides is 1. The van der Waals surface area contributed by atoms with Crippen LogP contribution in [0.2, 0.25) is 0 Å². The molecule has 7 heteroatoms. The van der Waals surface area contributed by atoms with Crippen LogP contribution in [0, 0.1) is 0 Å². The van der Waals surface area contributed by atoms with Gasteiger partial charge in [0, 0.05) is 18.5 Å². The van der Waals surface area contributed by atoms with E-state index < -0.39 is 10.0 Å². The zero-order chi connectivity index (χ0) is 14.6. The molecule has 1 amide bonds. The van der Waals surface area contributed by atoms with Crippen LogP contribution in [0.4, 0.5) is 0 Å². The van der Waals surface area contributed by atoms with Crippen LogP contribution in [-0.4, -0.2) is 20.9 Å². The molecule has 1 aromatic carbocycles. The van der Waals surface area contributed by atoms with Crippen molar-refractivity contribution in [3.63, 3.8) is 0 Å². The van der Waals surface area contributed by atoms with Gasteiger partial charge >= 0.3 is 0 Å². The lowest BCUT2D eigenvalue weighted by molar-refractivity contribution is 0.0953. The molecule has 1 aromatic heterocycles. The molecule has 106 valence electrons. The Kier molecular flexibility index (Phi) is 4.21. The Morgan fingerprint density at radius 1 is 1.25 bits per heavy atom. The quantitative estimate of drug-likeness (QED) is 0.855. The highest BCUT2D eigenvalue weighted by atomic mass is 32.2. The molecule has 0 bridgehead atoms. The van der Waals surface area contributed by atoms with Crippen molar-refractivity contribution in [2.75, 3.05) is 6.54 Å². The van der Waals surface area contributed by atoms with Crippen LogP contribution < -0.4 is 10.5 Å². The fraction of sp³-hybridized carbons (Fsp3) is 0.154. The number of hydrogen-bond donors (Lipinski definition) is 2. The van der Waals surface area contributed by atoms with Crippen molar-refractivity contribution >= 4 is 15.9 Å². The van der Waals surface area contributed by atoms with Gasteiger partial charge in [-0.05, 0) is 30.3 Å². The summed E-state index contributed by atoms with van der Waals surface area (Å²) in [5.74, 6) is 0.408. The highest BCUT2D eigenvalue weighted by Crippen LogP contribution is 2.09. The summed E-state index contributed by atoms with van der Waals surface area (Å²) in [5, 5.41) is 7.70. The Hall–Kier alpha value is -2.12. The van der Waals surface area contributed by atoms with Crippen molar-refractivity contribution in [3.05, 3.63) is 54.0 Å². The lowest BCUT2D eigenvalue weighted by atomic mass is 10.2. The van der Waals surface area contributed by atoms with E-state index in [2.05, 4.69) is 5.32 Å². The molecule has 2 rings (SSSR count). The SMILES string of the molecule is NS(=O)(=O)c1cccc(C(=O)NCCc2ccco2)c1. The first-order chi connectivity index (χ1) is 9.47. The highest BCUT2D eigenvalue weighted by molar-refractivity contribution is 7.89. The number of primary sulfonamides is 1. The number of carbonyl (C=O) groups is 1. The van der Waals surface area contributed by atoms with Crippen LogP contribution in [-0.2, 0) is 16.4 Å². The predicted molar refractivity (Wildman–Crippen MR) is 72.6 cm³/mol. The van der Waals surface area contributed by atoms with Crippen LogP contribution in [0.1, 0.15) is 16.1 Å². The maximum absolute atomic E-state index is 11.9. The monoisotopic (exact) mass is 294 g/mol. The molecule has 0 unspecified atom stereocenters. The van der Waals surface area contributed by atoms with Crippen molar-refractivity contribution in [3.8, 4) is 0 Å². The normalized spacial score (nSPS) is 11.2. The van der Waals surface area contributed by atoms with Crippen LogP contribution in [0.15, 0.2) is 52.0 Å². The third kappa shape index (κ3) is 3.69. The van der Waals surface area contributed by atoms with Gasteiger partial charge in [0.25, 0.3) is 5.91 Å². The second-order valence-electron chi connectivity index (χ2n) is 4.16. The Morgan fingerprint density at radius 2 is 2.05 bits per heavy atom. The summed E-state index contributed by atoms with van der Waals surface area (Å²) in [6.07, 6.45) is 2.13. The summed E-state index contributed by atoms with van der Waals surface area (Å²) in [7, 11) is -3.81. The van der Waals surface area contributed by atoms with E-state index in [0.717, 1.165) is 5.76 Å². The van der Waals surface area contributed by atoms with E-state index >= 15 is 0 Å². The molecule has 0 saturated carbocycles. The second-order valence-corrected chi connectivity index (χ2v) is 5.72. The van der Waals surface area contributed by atoms with Crippen LogP contribution in [0.25, 0.3) is 0 Å². The van der Waals surface area contributed by atoms with E-state index in [-0.39, 0.29) is 16.4 Å². The summed E-state index contributed by atoms with van der Waals surface area (Å²) in [5.41, 5.74) is 0.246. The second kappa shape index (κ2) is 5.89. The topological polar surface area (TPSA) is 102 Å². The van der Waals surface area contributed by atoms with Crippen molar-refractivity contribution in [2.24, 2.45) is 5.14 Å². The van der Waals surface area contributed by atoms with E-state index in [1.807, 2.05) is 6.07 Å². The zero-order valence-corrected chi connectivity index (χ0v) is 11.4. The molecule has 0 fully saturated rings. The van der Waals surface area contributed by atoms with E-state index in [9.17, 15) is 13.2 Å². The molecular weight excluding hydrogens is 280 g/mol. The first kappa shape index (κ1) is 14.3. The minimum absolute atomic E-state index is 0.0869. The van der Waals surface area contributed by atoms with Crippen molar-refractivity contribution in [1.82, 2.24) is 5.32 Å². The van der Waals surface area contributed by atoms with Gasteiger partial charge in [0.05, 0.1) is 11.2 Å². The number of furan rings is 1. The van der Waals surface area contributed by atoms with Gasteiger partial charge in [-0.1, -0.05) is 6.07 Å². The van der Waals surface area contributed by atoms with Crippen LogP contribution >= 0.6 is 0 Å². The van der Waals surface area contributed by atoms with Crippen molar-refractivity contribution in [1.29, 1.82) is 0 Å². The van der Waals surface area contributed by atoms with Crippen molar-refractivity contribution in [2.45, 2.75) is 11.3 Å². The van der Waals surface area contributed by atoms with Gasteiger partial charge in [-0.2, -0.15) is 0 Å². The molecule has 0 spiro atoms. The maximum atomic E-state index is 11.9. The van der Waals surface area contributed by atoms with E-state index in [0.29, 0.717) is 13.0 Å². The van der Waals surface area contributed by atoms with Crippen molar-refractivity contribution < 1.29 is 17.6 Å². The average Bonchev–Trinajstić information content (AvgIpc) is 2.91. The largest absolute Gasteiger partial charge is 0.469 e. The molecule has 20 heavy (non-hydrogen) atoms. The number of carbonyl (C=O) groups excluding carboxylic acids is 1. The van der Waals surface area contributed by atoms with Gasteiger partial charge in [-0.25, -0.2) is 13.6 Å². The Labute approximate surface area is 116 Å². The third-order valence-corrected chi connectivity index (χ3v) is 3.57. The molecule has 0 saturated heterocycles. The lowest BCUT2D eigenvalue weighted by Crippen LogP contribution is -2.26. The van der Waals surface area contributed by atoms with Gasteiger partial charge in [0.15, 0.2) is 0 Å². The highest BCUT2D eigenvalue weighted by Gasteiger charge is 2.11. The van der Waals surface area contributed by atoms with Gasteiger partial charge in [0.2, 0.25) is 10.0 Å². The maximum Gasteiger partial charge on any atom is 0.251 e. The van der Waals surface area contributed by atoms with Gasteiger partial charge in [-0.15, -0.1) is 0 Å².